The Morgan fingerprint density at radius 2 is 0.618 bits per heavy atom. The van der Waals surface area contributed by atoms with Crippen LogP contribution >= 0.6 is 0 Å². The molecule has 0 spiro atoms. The first-order valence-corrected chi connectivity index (χ1v) is 27.3. The smallest absolute Gasteiger partial charge is 0.0713 e. The minimum atomic E-state index is -0.343. The molecule has 0 heteroatoms. The topological polar surface area (TPSA) is 0 Å². The van der Waals surface area contributed by atoms with Crippen molar-refractivity contribution < 1.29 is 0 Å². The molecular weight excluding hydrogens is 913 g/mol. The third kappa shape index (κ3) is 8.06. The third-order valence-corrected chi connectivity index (χ3v) is 17.3. The van der Waals surface area contributed by atoms with E-state index in [1.807, 2.05) is 0 Å². The molecule has 76 heavy (non-hydrogen) atoms. The van der Waals surface area contributed by atoms with Crippen molar-refractivity contribution in [1.82, 2.24) is 0 Å². The Morgan fingerprint density at radius 3 is 1.00 bits per heavy atom. The van der Waals surface area contributed by atoms with Gasteiger partial charge in [0.05, 0.1) is 10.8 Å². The van der Waals surface area contributed by atoms with E-state index in [0.29, 0.717) is 23.7 Å². The number of hydrogen-bond acceptors (Lipinski definition) is 0. The quantitative estimate of drug-likeness (QED) is 0.146. The van der Waals surface area contributed by atoms with Gasteiger partial charge >= 0.3 is 0 Å². The summed E-state index contributed by atoms with van der Waals surface area (Å²) in [6.45, 7) is 13.2. The maximum absolute atomic E-state index is 2.45. The number of hydrogen-bond donors (Lipinski definition) is 0. The Morgan fingerprint density at radius 1 is 0.303 bits per heavy atom. The average Bonchev–Trinajstić information content (AvgIpc) is 3.90. The van der Waals surface area contributed by atoms with Crippen molar-refractivity contribution in [3.63, 3.8) is 0 Å². The van der Waals surface area contributed by atoms with E-state index in [2.05, 4.69) is 309 Å². The van der Waals surface area contributed by atoms with Crippen molar-refractivity contribution in [3.8, 4) is 11.1 Å². The normalized spacial score (nSPS) is 17.6. The summed E-state index contributed by atoms with van der Waals surface area (Å²) >= 11 is 0. The molecule has 0 heterocycles. The number of fused-ring (bicyclic) bond motifs is 3. The molecule has 10 aromatic rings. The average molecular weight is 979 g/mol. The fourth-order valence-electron chi connectivity index (χ4n) is 13.8. The Hall–Kier alpha value is -8.32. The Balaban J connectivity index is 0.000000116. The zero-order valence-corrected chi connectivity index (χ0v) is 44.7. The zero-order chi connectivity index (χ0) is 52.0. The van der Waals surface area contributed by atoms with Gasteiger partial charge in [0.2, 0.25) is 0 Å². The maximum atomic E-state index is 2.45. The molecule has 0 aliphatic heterocycles. The highest BCUT2D eigenvalue weighted by atomic mass is 14.5. The lowest BCUT2D eigenvalue weighted by Crippen LogP contribution is -2.39. The van der Waals surface area contributed by atoms with E-state index in [1.165, 1.54) is 89.0 Å². The third-order valence-electron chi connectivity index (χ3n) is 17.3. The molecule has 15 rings (SSSR count). The fourth-order valence-corrected chi connectivity index (χ4v) is 13.8. The van der Waals surface area contributed by atoms with E-state index < -0.39 is 0 Å². The van der Waals surface area contributed by atoms with E-state index >= 15 is 0 Å². The van der Waals surface area contributed by atoms with Gasteiger partial charge in [-0.1, -0.05) is 289 Å². The summed E-state index contributed by atoms with van der Waals surface area (Å²) in [6, 6.07) is 89.3. The minimum Gasteiger partial charge on any atom is -0.0799 e. The van der Waals surface area contributed by atoms with Crippen LogP contribution in [0.15, 0.2) is 267 Å². The van der Waals surface area contributed by atoms with Crippen molar-refractivity contribution in [2.75, 3.05) is 0 Å². The van der Waals surface area contributed by atoms with Crippen molar-refractivity contribution in [3.05, 3.63) is 367 Å². The van der Waals surface area contributed by atoms with E-state index in [-0.39, 0.29) is 10.8 Å². The first-order valence-electron chi connectivity index (χ1n) is 27.3. The summed E-state index contributed by atoms with van der Waals surface area (Å²) in [4.78, 5) is 0. The van der Waals surface area contributed by atoms with Crippen LogP contribution in [0.3, 0.4) is 0 Å². The molecule has 4 unspecified atom stereocenters. The van der Waals surface area contributed by atoms with E-state index in [9.17, 15) is 0 Å². The van der Waals surface area contributed by atoms with Crippen LogP contribution in [-0.4, -0.2) is 0 Å². The summed E-state index contributed by atoms with van der Waals surface area (Å²) < 4.78 is 0. The van der Waals surface area contributed by atoms with Crippen LogP contribution in [0.5, 0.6) is 0 Å². The SMILES string of the molecule is Cc1ccc(C(c2ccccc2)(c2ccccc2)c2ccc(C)cc2)cc1.Cc1ccc(C)c2c1C1c3ccccc3C2C2C=CC=CC12.Cc1ccc(C2(c3ccc(C)cc3)c3ccccc3-c3ccccc32)cc1. The molecule has 0 aromatic heterocycles. The highest BCUT2D eigenvalue weighted by Gasteiger charge is 2.50. The fraction of sp³-hybridized carbons (Fsp3) is 0.158. The lowest BCUT2D eigenvalue weighted by Gasteiger charge is -2.51. The Labute approximate surface area is 451 Å². The predicted molar refractivity (Wildman–Crippen MR) is 319 cm³/mol. The molecule has 0 fully saturated rings. The molecule has 10 aromatic carbocycles. The lowest BCUT2D eigenvalue weighted by atomic mass is 9.52. The largest absolute Gasteiger partial charge is 0.0799 e. The van der Waals surface area contributed by atoms with E-state index in [0.717, 1.165) is 0 Å². The van der Waals surface area contributed by atoms with Crippen molar-refractivity contribution in [1.29, 1.82) is 0 Å². The van der Waals surface area contributed by atoms with Crippen LogP contribution in [-0.2, 0) is 10.8 Å². The monoisotopic (exact) mass is 979 g/mol. The second kappa shape index (κ2) is 20.1. The Kier molecular flexibility index (Phi) is 12.8. The van der Waals surface area contributed by atoms with Gasteiger partial charge in [0, 0.05) is 11.8 Å². The van der Waals surface area contributed by atoms with E-state index in [1.54, 1.807) is 22.3 Å². The molecular formula is C76H66. The van der Waals surface area contributed by atoms with Crippen LogP contribution in [0.25, 0.3) is 11.1 Å². The summed E-state index contributed by atoms with van der Waals surface area (Å²) in [5.74, 6) is 2.31. The molecule has 0 N–H and O–H groups in total. The summed E-state index contributed by atoms with van der Waals surface area (Å²) in [6.07, 6.45) is 9.39. The van der Waals surface area contributed by atoms with Gasteiger partial charge in [-0.25, -0.2) is 0 Å². The molecule has 0 amide bonds. The lowest BCUT2D eigenvalue weighted by molar-refractivity contribution is 0.329. The van der Waals surface area contributed by atoms with Crippen LogP contribution < -0.4 is 0 Å². The van der Waals surface area contributed by atoms with Crippen molar-refractivity contribution in [2.45, 2.75) is 64.2 Å². The first-order chi connectivity index (χ1) is 37.2. The second-order valence-corrected chi connectivity index (χ2v) is 21.8. The molecule has 0 nitrogen and oxygen atoms in total. The van der Waals surface area contributed by atoms with Gasteiger partial charge < -0.3 is 0 Å². The number of aryl methyl sites for hydroxylation is 6. The number of benzene rings is 10. The molecule has 4 atom stereocenters. The molecule has 5 aliphatic carbocycles. The Bertz CT molecular complexity index is 3400. The highest BCUT2D eigenvalue weighted by molar-refractivity contribution is 5.86. The maximum Gasteiger partial charge on any atom is 0.0713 e. The number of allylic oxidation sites excluding steroid dienone is 4. The molecule has 0 saturated carbocycles. The summed E-state index contributed by atoms with van der Waals surface area (Å²) in [5.41, 5.74) is 27.0. The summed E-state index contributed by atoms with van der Waals surface area (Å²) in [7, 11) is 0. The second-order valence-electron chi connectivity index (χ2n) is 21.8. The standard InChI is InChI=1S/C27H22.C27H24.C22H20/c1-19-11-15-21(16-12-19)27(22-17-13-20(2)14-18-22)25-9-5-3-7-23(25)24-8-4-6-10-26(24)27;1-21-13-17-25(18-14-21)27(23-9-5-3-6-10-23,24-11-7-4-8-12-24)26-19-15-22(2)16-20-26;1-13-11-12-14(2)20-19(13)21-15-7-3-5-9-17(15)22(20)18-10-6-4-8-16(18)21/h3-18H,1-2H3;3-20H,1-2H3;3-12,15,17,21-22H,1-2H3. The summed E-state index contributed by atoms with van der Waals surface area (Å²) in [5, 5.41) is 0. The molecule has 0 radical (unpaired) electrons. The predicted octanol–water partition coefficient (Wildman–Crippen LogP) is 18.6. The van der Waals surface area contributed by atoms with Crippen molar-refractivity contribution >= 4 is 0 Å². The van der Waals surface area contributed by atoms with Gasteiger partial charge in [-0.3, -0.25) is 0 Å². The van der Waals surface area contributed by atoms with Crippen LogP contribution in [0.4, 0.5) is 0 Å². The zero-order valence-electron chi connectivity index (χ0n) is 44.7. The van der Waals surface area contributed by atoms with Crippen molar-refractivity contribution in [2.24, 2.45) is 11.8 Å². The first kappa shape index (κ1) is 48.6. The van der Waals surface area contributed by atoms with Gasteiger partial charge in [-0.05, 0) is 142 Å². The van der Waals surface area contributed by atoms with Gasteiger partial charge in [-0.2, -0.15) is 0 Å². The molecule has 0 saturated heterocycles. The molecule has 370 valence electrons. The van der Waals surface area contributed by atoms with Gasteiger partial charge in [0.25, 0.3) is 0 Å². The number of rotatable bonds is 6. The highest BCUT2D eigenvalue weighted by Crippen LogP contribution is 2.61. The van der Waals surface area contributed by atoms with Gasteiger partial charge in [0.1, 0.15) is 0 Å². The minimum absolute atomic E-state index is 0.269. The van der Waals surface area contributed by atoms with Gasteiger partial charge in [-0.15, -0.1) is 0 Å². The van der Waals surface area contributed by atoms with Gasteiger partial charge in [0.15, 0.2) is 0 Å². The van der Waals surface area contributed by atoms with Crippen LogP contribution in [0.1, 0.15) is 112 Å². The van der Waals surface area contributed by atoms with Crippen LogP contribution in [0.2, 0.25) is 0 Å². The molecule has 5 aliphatic rings. The molecule has 2 bridgehead atoms. The van der Waals surface area contributed by atoms with Crippen LogP contribution in [0, 0.1) is 53.4 Å². The van der Waals surface area contributed by atoms with E-state index in [4.69, 9.17) is 0 Å².